The number of ether oxygens (including phenoxy) is 1. The van der Waals surface area contributed by atoms with Gasteiger partial charge in [0, 0.05) is 11.1 Å². The molecule has 0 aliphatic carbocycles. The van der Waals surface area contributed by atoms with Crippen molar-refractivity contribution < 1.29 is 9.53 Å². The summed E-state index contributed by atoms with van der Waals surface area (Å²) in [5.41, 5.74) is 1.29. The lowest BCUT2D eigenvalue weighted by Crippen LogP contribution is -2.08. The maximum Gasteiger partial charge on any atom is 0.185 e. The number of methoxy groups -OCH3 is 1. The Morgan fingerprint density at radius 3 is 2.33 bits per heavy atom. The fourth-order valence-electron chi connectivity index (χ4n) is 1.77. The van der Waals surface area contributed by atoms with Gasteiger partial charge in [0.15, 0.2) is 5.78 Å². The number of halogens is 1. The molecule has 0 spiro atoms. The number of carbonyl (C=O) groups is 1. The molecule has 0 aromatic heterocycles. The van der Waals surface area contributed by atoms with Gasteiger partial charge in [0.25, 0.3) is 0 Å². The van der Waals surface area contributed by atoms with Gasteiger partial charge in [-0.3, -0.25) is 4.79 Å². The van der Waals surface area contributed by atoms with E-state index in [1.54, 1.807) is 31.4 Å². The molecular weight excluding hydrogens is 248 g/mol. The minimum atomic E-state index is -0.733. The van der Waals surface area contributed by atoms with Gasteiger partial charge in [-0.05, 0) is 6.07 Å². The fraction of sp³-hybridized carbons (Fsp3) is 0.133. The molecule has 0 amide bonds. The van der Waals surface area contributed by atoms with Gasteiger partial charge >= 0.3 is 0 Å². The Kier molecular flexibility index (Phi) is 4.00. The summed E-state index contributed by atoms with van der Waals surface area (Å²) in [5, 5.41) is -0.733. The Morgan fingerprint density at radius 2 is 1.67 bits per heavy atom. The van der Waals surface area contributed by atoms with Crippen LogP contribution in [-0.2, 0) is 0 Å². The van der Waals surface area contributed by atoms with Gasteiger partial charge in [0.1, 0.15) is 11.1 Å². The summed E-state index contributed by atoms with van der Waals surface area (Å²) in [7, 11) is 1.56. The highest BCUT2D eigenvalue weighted by molar-refractivity contribution is 6.34. The molecule has 18 heavy (non-hydrogen) atoms. The number of alkyl halides is 1. The van der Waals surface area contributed by atoms with E-state index in [9.17, 15) is 4.79 Å². The van der Waals surface area contributed by atoms with Crippen molar-refractivity contribution in [1.82, 2.24) is 0 Å². The lowest BCUT2D eigenvalue weighted by Gasteiger charge is -2.12. The van der Waals surface area contributed by atoms with Crippen LogP contribution < -0.4 is 4.74 Å². The first-order valence-electron chi connectivity index (χ1n) is 5.60. The highest BCUT2D eigenvalue weighted by Gasteiger charge is 2.22. The van der Waals surface area contributed by atoms with Gasteiger partial charge in [-0.2, -0.15) is 0 Å². The largest absolute Gasteiger partial charge is 0.496 e. The lowest BCUT2D eigenvalue weighted by atomic mass is 10.0. The van der Waals surface area contributed by atoms with E-state index in [1.165, 1.54) is 0 Å². The average molecular weight is 261 g/mol. The summed E-state index contributed by atoms with van der Waals surface area (Å²) in [6, 6.07) is 16.3. The third-order valence-electron chi connectivity index (χ3n) is 2.70. The van der Waals surface area contributed by atoms with Crippen molar-refractivity contribution in [3.63, 3.8) is 0 Å². The van der Waals surface area contributed by atoms with Crippen LogP contribution in [0.2, 0.25) is 0 Å². The zero-order chi connectivity index (χ0) is 13.0. The van der Waals surface area contributed by atoms with Crippen molar-refractivity contribution in [3.05, 3.63) is 65.7 Å². The van der Waals surface area contributed by atoms with E-state index >= 15 is 0 Å². The molecule has 92 valence electrons. The SMILES string of the molecule is COc1ccccc1C(Cl)C(=O)c1ccccc1. The smallest absolute Gasteiger partial charge is 0.185 e. The van der Waals surface area contributed by atoms with Gasteiger partial charge in [0.05, 0.1) is 7.11 Å². The molecule has 2 aromatic rings. The van der Waals surface area contributed by atoms with E-state index in [0.29, 0.717) is 16.9 Å². The van der Waals surface area contributed by atoms with Gasteiger partial charge in [-0.15, -0.1) is 11.6 Å². The molecule has 0 bridgehead atoms. The first-order chi connectivity index (χ1) is 8.74. The Bertz CT molecular complexity index is 537. The summed E-state index contributed by atoms with van der Waals surface area (Å²) >= 11 is 6.25. The number of carbonyl (C=O) groups excluding carboxylic acids is 1. The second kappa shape index (κ2) is 5.69. The number of hydrogen-bond donors (Lipinski definition) is 0. The maximum atomic E-state index is 12.2. The Labute approximate surface area is 111 Å². The van der Waals surface area contributed by atoms with E-state index in [-0.39, 0.29) is 5.78 Å². The van der Waals surface area contributed by atoms with E-state index in [4.69, 9.17) is 16.3 Å². The molecule has 0 aliphatic rings. The Morgan fingerprint density at radius 1 is 1.06 bits per heavy atom. The number of Topliss-reactive ketones (excluding diaryl/α,β-unsaturated/α-hetero) is 1. The monoisotopic (exact) mass is 260 g/mol. The first kappa shape index (κ1) is 12.7. The zero-order valence-electron chi connectivity index (χ0n) is 9.97. The normalized spacial score (nSPS) is 11.9. The van der Waals surface area contributed by atoms with Crippen LogP contribution in [-0.4, -0.2) is 12.9 Å². The third kappa shape index (κ3) is 2.54. The maximum absolute atomic E-state index is 12.2. The minimum Gasteiger partial charge on any atom is -0.496 e. The van der Waals surface area contributed by atoms with E-state index in [2.05, 4.69) is 0 Å². The molecule has 3 heteroatoms. The van der Waals surface area contributed by atoms with Crippen LogP contribution in [0.5, 0.6) is 5.75 Å². The molecule has 2 aromatic carbocycles. The van der Waals surface area contributed by atoms with Crippen molar-refractivity contribution in [1.29, 1.82) is 0 Å². The molecule has 0 N–H and O–H groups in total. The topological polar surface area (TPSA) is 26.3 Å². The van der Waals surface area contributed by atoms with Gasteiger partial charge in [-0.25, -0.2) is 0 Å². The summed E-state index contributed by atoms with van der Waals surface area (Å²) in [6.07, 6.45) is 0. The molecule has 1 atom stereocenters. The molecule has 0 saturated heterocycles. The van der Waals surface area contributed by atoms with Crippen molar-refractivity contribution in [3.8, 4) is 5.75 Å². The molecule has 0 fully saturated rings. The molecular formula is C15H13ClO2. The van der Waals surface area contributed by atoms with Crippen molar-refractivity contribution >= 4 is 17.4 Å². The summed E-state index contributed by atoms with van der Waals surface area (Å²) in [4.78, 5) is 12.2. The van der Waals surface area contributed by atoms with E-state index in [0.717, 1.165) is 0 Å². The van der Waals surface area contributed by atoms with Crippen molar-refractivity contribution in [2.24, 2.45) is 0 Å². The van der Waals surface area contributed by atoms with Crippen LogP contribution >= 0.6 is 11.6 Å². The van der Waals surface area contributed by atoms with Crippen LogP contribution in [0.3, 0.4) is 0 Å². The van der Waals surface area contributed by atoms with Crippen molar-refractivity contribution in [2.45, 2.75) is 5.38 Å². The summed E-state index contributed by atoms with van der Waals surface area (Å²) < 4.78 is 5.22. The Balaban J connectivity index is 2.31. The zero-order valence-corrected chi connectivity index (χ0v) is 10.7. The average Bonchev–Trinajstić information content (AvgIpc) is 2.46. The van der Waals surface area contributed by atoms with Gasteiger partial charge < -0.3 is 4.74 Å². The van der Waals surface area contributed by atoms with Gasteiger partial charge in [0.2, 0.25) is 0 Å². The van der Waals surface area contributed by atoms with E-state index < -0.39 is 5.38 Å². The van der Waals surface area contributed by atoms with Crippen LogP contribution in [0.25, 0.3) is 0 Å². The second-order valence-electron chi connectivity index (χ2n) is 3.83. The molecule has 1 unspecified atom stereocenters. The fourth-order valence-corrected chi connectivity index (χ4v) is 2.07. The minimum absolute atomic E-state index is 0.123. The highest BCUT2D eigenvalue weighted by atomic mass is 35.5. The Hall–Kier alpha value is -1.80. The van der Waals surface area contributed by atoms with Crippen LogP contribution in [0.15, 0.2) is 54.6 Å². The van der Waals surface area contributed by atoms with E-state index in [1.807, 2.05) is 30.3 Å². The molecule has 0 aliphatic heterocycles. The highest BCUT2D eigenvalue weighted by Crippen LogP contribution is 2.31. The van der Waals surface area contributed by atoms with Gasteiger partial charge in [-0.1, -0.05) is 48.5 Å². The predicted octanol–water partition coefficient (Wildman–Crippen LogP) is 3.86. The third-order valence-corrected chi connectivity index (χ3v) is 3.13. The number of ketones is 1. The number of para-hydroxylation sites is 1. The second-order valence-corrected chi connectivity index (χ2v) is 4.27. The molecule has 2 nitrogen and oxygen atoms in total. The lowest BCUT2D eigenvalue weighted by molar-refractivity contribution is 0.0986. The number of benzene rings is 2. The predicted molar refractivity (Wildman–Crippen MR) is 72.4 cm³/mol. The number of rotatable bonds is 4. The quantitative estimate of drug-likeness (QED) is 0.616. The van der Waals surface area contributed by atoms with Crippen LogP contribution in [0.4, 0.5) is 0 Å². The molecule has 0 radical (unpaired) electrons. The molecule has 0 heterocycles. The molecule has 0 saturated carbocycles. The first-order valence-corrected chi connectivity index (χ1v) is 6.04. The van der Waals surface area contributed by atoms with Crippen molar-refractivity contribution in [2.75, 3.05) is 7.11 Å². The van der Waals surface area contributed by atoms with Crippen LogP contribution in [0.1, 0.15) is 21.3 Å². The summed E-state index contributed by atoms with van der Waals surface area (Å²) in [5.74, 6) is 0.503. The summed E-state index contributed by atoms with van der Waals surface area (Å²) in [6.45, 7) is 0. The van der Waals surface area contributed by atoms with Crippen LogP contribution in [0, 0.1) is 0 Å². The molecule has 2 rings (SSSR count). The standard InChI is InChI=1S/C15H13ClO2/c1-18-13-10-6-5-9-12(13)14(16)15(17)11-7-3-2-4-8-11/h2-10,14H,1H3. The number of hydrogen-bond acceptors (Lipinski definition) is 2.